The summed E-state index contributed by atoms with van der Waals surface area (Å²) in [7, 11) is 0. The van der Waals surface area contributed by atoms with Gasteiger partial charge in [0.1, 0.15) is 0 Å². The Kier molecular flexibility index (Phi) is 5.25. The van der Waals surface area contributed by atoms with E-state index in [-0.39, 0.29) is 12.0 Å². The van der Waals surface area contributed by atoms with Crippen molar-refractivity contribution in [2.45, 2.75) is 20.0 Å². The molecule has 0 aromatic heterocycles. The topological polar surface area (TPSA) is 64.3 Å². The summed E-state index contributed by atoms with van der Waals surface area (Å²) in [4.78, 5) is 11.8. The van der Waals surface area contributed by atoms with Gasteiger partial charge in [0, 0.05) is 17.3 Å². The lowest BCUT2D eigenvalue weighted by molar-refractivity contribution is 0.0747. The van der Waals surface area contributed by atoms with Gasteiger partial charge in [-0.1, -0.05) is 11.6 Å². The average Bonchev–Trinajstić information content (AvgIpc) is 2.27. The van der Waals surface area contributed by atoms with Crippen LogP contribution in [0.25, 0.3) is 0 Å². The molecule has 94 valence electrons. The molecule has 0 unspecified atom stereocenters. The fourth-order valence-corrected chi connectivity index (χ4v) is 1.45. The van der Waals surface area contributed by atoms with Crippen molar-refractivity contribution in [1.29, 1.82) is 0 Å². The molecular formula is C12H17ClN2O2. The summed E-state index contributed by atoms with van der Waals surface area (Å²) in [5, 5.41) is 3.21. The lowest BCUT2D eigenvalue weighted by atomic mass is 10.1. The van der Waals surface area contributed by atoms with Crippen molar-refractivity contribution in [3.05, 3.63) is 28.8 Å². The van der Waals surface area contributed by atoms with Crippen LogP contribution >= 0.6 is 11.6 Å². The highest BCUT2D eigenvalue weighted by molar-refractivity contribution is 6.31. The summed E-state index contributed by atoms with van der Waals surface area (Å²) in [6, 6.07) is 4.81. The van der Waals surface area contributed by atoms with Crippen LogP contribution in [0.3, 0.4) is 0 Å². The maximum absolute atomic E-state index is 11.8. The number of rotatable bonds is 5. The lowest BCUT2D eigenvalue weighted by Crippen LogP contribution is -2.28. The van der Waals surface area contributed by atoms with Gasteiger partial charge in [0.2, 0.25) is 0 Å². The summed E-state index contributed by atoms with van der Waals surface area (Å²) in [6.07, 6.45) is 0.156. The van der Waals surface area contributed by atoms with Crippen LogP contribution in [0.4, 0.5) is 5.69 Å². The molecule has 1 aromatic carbocycles. The molecule has 1 aromatic rings. The molecular weight excluding hydrogens is 240 g/mol. The number of nitrogen functional groups attached to an aromatic ring is 1. The summed E-state index contributed by atoms with van der Waals surface area (Å²) < 4.78 is 5.31. The Morgan fingerprint density at radius 2 is 2.24 bits per heavy atom. The molecule has 0 radical (unpaired) electrons. The van der Waals surface area contributed by atoms with Gasteiger partial charge < -0.3 is 15.8 Å². The van der Waals surface area contributed by atoms with Crippen molar-refractivity contribution >= 4 is 23.2 Å². The van der Waals surface area contributed by atoms with Crippen molar-refractivity contribution in [3.8, 4) is 0 Å². The first-order valence-corrected chi connectivity index (χ1v) is 5.83. The molecule has 0 atom stereocenters. The van der Waals surface area contributed by atoms with Gasteiger partial charge in [0.05, 0.1) is 18.3 Å². The highest BCUT2D eigenvalue weighted by atomic mass is 35.5. The zero-order chi connectivity index (χ0) is 12.8. The van der Waals surface area contributed by atoms with E-state index in [9.17, 15) is 4.79 Å². The lowest BCUT2D eigenvalue weighted by Gasteiger charge is -2.10. The molecule has 0 aliphatic heterocycles. The Bertz CT molecular complexity index is 394. The second-order valence-electron chi connectivity index (χ2n) is 3.91. The van der Waals surface area contributed by atoms with E-state index < -0.39 is 0 Å². The Morgan fingerprint density at radius 3 is 2.88 bits per heavy atom. The van der Waals surface area contributed by atoms with Crippen molar-refractivity contribution < 1.29 is 9.53 Å². The molecule has 0 bridgehead atoms. The van der Waals surface area contributed by atoms with Gasteiger partial charge in [-0.15, -0.1) is 0 Å². The molecule has 4 nitrogen and oxygen atoms in total. The zero-order valence-corrected chi connectivity index (χ0v) is 10.8. The number of nitrogens with two attached hydrogens (primary N) is 1. The third-order valence-corrected chi connectivity index (χ3v) is 2.33. The maximum atomic E-state index is 11.8. The van der Waals surface area contributed by atoms with E-state index in [1.165, 1.54) is 0 Å². The van der Waals surface area contributed by atoms with Crippen molar-refractivity contribution in [2.75, 3.05) is 18.9 Å². The number of hydrogen-bond acceptors (Lipinski definition) is 3. The van der Waals surface area contributed by atoms with Crippen molar-refractivity contribution in [3.63, 3.8) is 0 Å². The average molecular weight is 257 g/mol. The minimum Gasteiger partial charge on any atom is -0.398 e. The molecule has 5 heteroatoms. The molecule has 0 aliphatic carbocycles. The van der Waals surface area contributed by atoms with E-state index in [4.69, 9.17) is 22.1 Å². The fourth-order valence-electron chi connectivity index (χ4n) is 1.28. The van der Waals surface area contributed by atoms with Crippen LogP contribution in [-0.4, -0.2) is 25.2 Å². The maximum Gasteiger partial charge on any atom is 0.253 e. The van der Waals surface area contributed by atoms with Gasteiger partial charge in [-0.25, -0.2) is 0 Å². The van der Waals surface area contributed by atoms with Crippen LogP contribution in [0.15, 0.2) is 18.2 Å². The van der Waals surface area contributed by atoms with Crippen molar-refractivity contribution in [1.82, 2.24) is 5.32 Å². The number of ether oxygens (including phenoxy) is 1. The van der Waals surface area contributed by atoms with E-state index in [1.54, 1.807) is 18.2 Å². The molecule has 0 spiro atoms. The second-order valence-corrected chi connectivity index (χ2v) is 4.34. The molecule has 0 saturated carbocycles. The summed E-state index contributed by atoms with van der Waals surface area (Å²) in [6.45, 7) is 4.81. The quantitative estimate of drug-likeness (QED) is 0.626. The van der Waals surface area contributed by atoms with Crippen LogP contribution in [0.1, 0.15) is 24.2 Å². The van der Waals surface area contributed by atoms with E-state index >= 15 is 0 Å². The fraction of sp³-hybridized carbons (Fsp3) is 0.417. The van der Waals surface area contributed by atoms with Gasteiger partial charge in [-0.05, 0) is 32.0 Å². The number of carbonyl (C=O) groups is 1. The highest BCUT2D eigenvalue weighted by Crippen LogP contribution is 2.17. The summed E-state index contributed by atoms with van der Waals surface area (Å²) in [5.41, 5.74) is 6.50. The molecule has 1 rings (SSSR count). The van der Waals surface area contributed by atoms with Crippen molar-refractivity contribution in [2.24, 2.45) is 0 Å². The molecule has 0 aliphatic rings. The molecule has 0 heterocycles. The molecule has 17 heavy (non-hydrogen) atoms. The van der Waals surface area contributed by atoms with Gasteiger partial charge in [-0.2, -0.15) is 0 Å². The minimum absolute atomic E-state index is 0.156. The predicted molar refractivity (Wildman–Crippen MR) is 69.3 cm³/mol. The molecule has 3 N–H and O–H groups in total. The number of nitrogens with one attached hydrogen (secondary N) is 1. The van der Waals surface area contributed by atoms with Crippen LogP contribution in [0.2, 0.25) is 5.02 Å². The smallest absolute Gasteiger partial charge is 0.253 e. The predicted octanol–water partition coefficient (Wildman–Crippen LogP) is 2.08. The Morgan fingerprint density at radius 1 is 1.53 bits per heavy atom. The normalized spacial score (nSPS) is 10.6. The van der Waals surface area contributed by atoms with Crippen LogP contribution in [0, 0.1) is 0 Å². The second kappa shape index (κ2) is 6.47. The van der Waals surface area contributed by atoms with Gasteiger partial charge in [0.15, 0.2) is 0 Å². The SMILES string of the molecule is CC(C)OCCNC(=O)c1cc(Cl)ccc1N. The van der Waals surface area contributed by atoms with E-state index in [0.29, 0.717) is 29.4 Å². The van der Waals surface area contributed by atoms with Crippen LogP contribution in [0.5, 0.6) is 0 Å². The first-order valence-electron chi connectivity index (χ1n) is 5.45. The van der Waals surface area contributed by atoms with Gasteiger partial charge in [-0.3, -0.25) is 4.79 Å². The number of carbonyl (C=O) groups excluding carboxylic acids is 1. The largest absolute Gasteiger partial charge is 0.398 e. The summed E-state index contributed by atoms with van der Waals surface area (Å²) in [5.74, 6) is -0.239. The zero-order valence-electron chi connectivity index (χ0n) is 10.00. The van der Waals surface area contributed by atoms with Gasteiger partial charge >= 0.3 is 0 Å². The molecule has 0 fully saturated rings. The highest BCUT2D eigenvalue weighted by Gasteiger charge is 2.09. The number of amides is 1. The first kappa shape index (κ1) is 13.8. The molecule has 0 saturated heterocycles. The van der Waals surface area contributed by atoms with E-state index in [2.05, 4.69) is 5.32 Å². The number of hydrogen-bond donors (Lipinski definition) is 2. The Hall–Kier alpha value is -1.26. The summed E-state index contributed by atoms with van der Waals surface area (Å²) >= 11 is 5.80. The van der Waals surface area contributed by atoms with Crippen LogP contribution in [-0.2, 0) is 4.74 Å². The third-order valence-electron chi connectivity index (χ3n) is 2.10. The van der Waals surface area contributed by atoms with Crippen LogP contribution < -0.4 is 11.1 Å². The first-order chi connectivity index (χ1) is 8.00. The Labute approximate surface area is 106 Å². The number of benzene rings is 1. The Balaban J connectivity index is 2.49. The molecule has 1 amide bonds. The third kappa shape index (κ3) is 4.63. The minimum atomic E-state index is -0.239. The van der Waals surface area contributed by atoms with E-state index in [0.717, 1.165) is 0 Å². The number of anilines is 1. The van der Waals surface area contributed by atoms with E-state index in [1.807, 2.05) is 13.8 Å². The number of halogens is 1. The monoisotopic (exact) mass is 256 g/mol. The van der Waals surface area contributed by atoms with Gasteiger partial charge in [0.25, 0.3) is 5.91 Å². The standard InChI is InChI=1S/C12H17ClN2O2/c1-8(2)17-6-5-15-12(16)10-7-9(13)3-4-11(10)14/h3-4,7-8H,5-6,14H2,1-2H3,(H,15,16).